The van der Waals surface area contributed by atoms with Crippen molar-refractivity contribution in [1.29, 1.82) is 0 Å². The number of fused-ring (bicyclic) bond motifs is 2. The Hall–Kier alpha value is -4.23. The predicted molar refractivity (Wildman–Crippen MR) is 143 cm³/mol. The Labute approximate surface area is 216 Å². The van der Waals surface area contributed by atoms with Gasteiger partial charge in [-0.25, -0.2) is 4.79 Å². The van der Waals surface area contributed by atoms with E-state index in [1.54, 1.807) is 24.3 Å². The molecule has 1 N–H and O–H groups in total. The first kappa shape index (κ1) is 24.5. The summed E-state index contributed by atoms with van der Waals surface area (Å²) in [4.78, 5) is 33.0. The van der Waals surface area contributed by atoms with Crippen LogP contribution in [0, 0.1) is 0 Å². The van der Waals surface area contributed by atoms with E-state index in [1.807, 2.05) is 54.6 Å². The van der Waals surface area contributed by atoms with Crippen LogP contribution in [0.5, 0.6) is 11.5 Å². The molecular formula is C30H29N3O4. The molecule has 0 atom stereocenters. The van der Waals surface area contributed by atoms with E-state index in [2.05, 4.69) is 24.1 Å². The van der Waals surface area contributed by atoms with Crippen molar-refractivity contribution >= 4 is 28.5 Å². The molecule has 0 bridgehead atoms. The summed E-state index contributed by atoms with van der Waals surface area (Å²) in [5.41, 5.74) is 3.65. The number of esters is 1. The van der Waals surface area contributed by atoms with E-state index in [0.717, 1.165) is 40.9 Å². The van der Waals surface area contributed by atoms with Crippen molar-refractivity contribution in [3.8, 4) is 11.5 Å². The average molecular weight is 496 g/mol. The monoisotopic (exact) mass is 495 g/mol. The molecule has 7 heteroatoms. The minimum atomic E-state index is -0.512. The van der Waals surface area contributed by atoms with E-state index in [4.69, 9.17) is 14.5 Å². The Kier molecular flexibility index (Phi) is 7.14. The molecule has 4 aromatic rings. The molecule has 0 saturated heterocycles. The fourth-order valence-corrected chi connectivity index (χ4v) is 4.52. The first-order valence-corrected chi connectivity index (χ1v) is 12.4. The van der Waals surface area contributed by atoms with Gasteiger partial charge in [0.05, 0.1) is 11.1 Å². The maximum atomic E-state index is 13.3. The van der Waals surface area contributed by atoms with Gasteiger partial charge in [-0.2, -0.15) is 0 Å². The second-order valence-electron chi connectivity index (χ2n) is 9.31. The quantitative estimate of drug-likeness (QED) is 0.337. The highest BCUT2D eigenvalue weighted by Gasteiger charge is 2.27. The van der Waals surface area contributed by atoms with Crippen molar-refractivity contribution < 1.29 is 19.1 Å². The highest BCUT2D eigenvalue weighted by atomic mass is 16.5. The molecule has 0 fully saturated rings. The third-order valence-corrected chi connectivity index (χ3v) is 6.46. The van der Waals surface area contributed by atoms with Crippen LogP contribution in [-0.4, -0.2) is 41.0 Å². The molecule has 188 valence electrons. The molecule has 0 saturated carbocycles. The first-order chi connectivity index (χ1) is 18.0. The number of para-hydroxylation sites is 2. The number of pyridine rings is 1. The molecule has 2 heterocycles. The molecule has 1 aromatic heterocycles. The van der Waals surface area contributed by atoms with Crippen LogP contribution in [0.25, 0.3) is 10.9 Å². The second kappa shape index (κ2) is 10.8. The molecule has 5 rings (SSSR count). The van der Waals surface area contributed by atoms with Crippen molar-refractivity contribution in [2.24, 2.45) is 0 Å². The minimum absolute atomic E-state index is 0.346. The van der Waals surface area contributed by atoms with Crippen LogP contribution in [0.15, 0.2) is 78.9 Å². The van der Waals surface area contributed by atoms with Crippen molar-refractivity contribution in [3.63, 3.8) is 0 Å². The normalized spacial score (nSPS) is 13.3. The van der Waals surface area contributed by atoms with Crippen LogP contribution in [0.2, 0.25) is 0 Å². The Morgan fingerprint density at radius 2 is 1.65 bits per heavy atom. The number of anilines is 1. The zero-order valence-electron chi connectivity index (χ0n) is 20.9. The van der Waals surface area contributed by atoms with Gasteiger partial charge in [-0.1, -0.05) is 36.4 Å². The number of nitrogens with one attached hydrogen (secondary N) is 1. The summed E-state index contributed by atoms with van der Waals surface area (Å²) in [6.07, 6.45) is 0.767. The van der Waals surface area contributed by atoms with E-state index in [9.17, 15) is 9.59 Å². The lowest BCUT2D eigenvalue weighted by atomic mass is 9.95. The van der Waals surface area contributed by atoms with Crippen LogP contribution >= 0.6 is 0 Å². The lowest BCUT2D eigenvalue weighted by Gasteiger charge is -2.32. The predicted octanol–water partition coefficient (Wildman–Crippen LogP) is 5.59. The van der Waals surface area contributed by atoms with Gasteiger partial charge in [0.15, 0.2) is 6.61 Å². The van der Waals surface area contributed by atoms with E-state index in [-0.39, 0.29) is 6.61 Å². The largest absolute Gasteiger partial charge is 0.457 e. The third kappa shape index (κ3) is 5.62. The standard InChI is InChI=1S/C30H29N3O4/c1-20(2)33-17-16-27-25(18-33)29(24-10-6-7-11-26(24)32-27)30(35)36-19-28(34)31-21-12-14-23(15-13-21)37-22-8-4-3-5-9-22/h3-15,20H,16-19H2,1-2H3,(H,31,34). The Balaban J connectivity index is 1.27. The summed E-state index contributed by atoms with van der Waals surface area (Å²) in [5.74, 6) is 0.456. The average Bonchev–Trinajstić information content (AvgIpc) is 2.91. The molecule has 37 heavy (non-hydrogen) atoms. The Morgan fingerprint density at radius 3 is 2.41 bits per heavy atom. The summed E-state index contributed by atoms with van der Waals surface area (Å²) >= 11 is 0. The van der Waals surface area contributed by atoms with E-state index in [0.29, 0.717) is 29.6 Å². The van der Waals surface area contributed by atoms with Crippen LogP contribution in [0.4, 0.5) is 5.69 Å². The number of ether oxygens (including phenoxy) is 2. The molecular weight excluding hydrogens is 466 g/mol. The van der Waals surface area contributed by atoms with Gasteiger partial charge >= 0.3 is 5.97 Å². The van der Waals surface area contributed by atoms with Gasteiger partial charge in [-0.15, -0.1) is 0 Å². The zero-order chi connectivity index (χ0) is 25.8. The summed E-state index contributed by atoms with van der Waals surface area (Å²) < 4.78 is 11.3. The number of benzene rings is 3. The minimum Gasteiger partial charge on any atom is -0.457 e. The van der Waals surface area contributed by atoms with Gasteiger partial charge in [0.2, 0.25) is 0 Å². The smallest absolute Gasteiger partial charge is 0.339 e. The first-order valence-electron chi connectivity index (χ1n) is 12.4. The van der Waals surface area contributed by atoms with Gasteiger partial charge in [0.25, 0.3) is 5.91 Å². The second-order valence-corrected chi connectivity index (χ2v) is 9.31. The highest BCUT2D eigenvalue weighted by molar-refractivity contribution is 6.06. The molecule has 1 aliphatic heterocycles. The fraction of sp³-hybridized carbons (Fsp3) is 0.233. The number of carbonyl (C=O) groups excluding carboxylic acids is 2. The summed E-state index contributed by atoms with van der Waals surface area (Å²) in [6, 6.07) is 24.4. The third-order valence-electron chi connectivity index (χ3n) is 6.46. The maximum absolute atomic E-state index is 13.3. The van der Waals surface area contributed by atoms with Gasteiger partial charge in [-0.3, -0.25) is 14.7 Å². The van der Waals surface area contributed by atoms with Crippen LogP contribution in [0.3, 0.4) is 0 Å². The molecule has 1 aliphatic rings. The van der Waals surface area contributed by atoms with E-state index < -0.39 is 11.9 Å². The Bertz CT molecular complexity index is 1420. The Morgan fingerprint density at radius 1 is 0.946 bits per heavy atom. The maximum Gasteiger partial charge on any atom is 0.339 e. The lowest BCUT2D eigenvalue weighted by Crippen LogP contribution is -2.37. The molecule has 0 radical (unpaired) electrons. The SMILES string of the molecule is CC(C)N1CCc2nc3ccccc3c(C(=O)OCC(=O)Nc3ccc(Oc4ccccc4)cc3)c2C1. The topological polar surface area (TPSA) is 80.8 Å². The van der Waals surface area contributed by atoms with Gasteiger partial charge in [0, 0.05) is 47.9 Å². The molecule has 0 unspecified atom stereocenters. The zero-order valence-corrected chi connectivity index (χ0v) is 20.9. The van der Waals surface area contributed by atoms with Crippen molar-refractivity contribution in [1.82, 2.24) is 9.88 Å². The number of hydrogen-bond acceptors (Lipinski definition) is 6. The molecule has 1 amide bonds. The summed E-state index contributed by atoms with van der Waals surface area (Å²) in [7, 11) is 0. The number of aromatic nitrogens is 1. The number of amides is 1. The fourth-order valence-electron chi connectivity index (χ4n) is 4.52. The van der Waals surface area contributed by atoms with Gasteiger partial charge in [-0.05, 0) is 56.3 Å². The number of nitrogens with zero attached hydrogens (tertiary/aromatic N) is 2. The van der Waals surface area contributed by atoms with Crippen molar-refractivity contribution in [3.05, 3.63) is 95.7 Å². The summed E-state index contributed by atoms with van der Waals surface area (Å²) in [6.45, 7) is 5.41. The van der Waals surface area contributed by atoms with E-state index in [1.165, 1.54) is 0 Å². The van der Waals surface area contributed by atoms with Crippen LogP contribution < -0.4 is 10.1 Å². The molecule has 0 aliphatic carbocycles. The lowest BCUT2D eigenvalue weighted by molar-refractivity contribution is -0.119. The van der Waals surface area contributed by atoms with Gasteiger partial charge < -0.3 is 14.8 Å². The highest BCUT2D eigenvalue weighted by Crippen LogP contribution is 2.29. The number of carbonyl (C=O) groups is 2. The van der Waals surface area contributed by atoms with Crippen LogP contribution in [-0.2, 0) is 22.5 Å². The molecule has 3 aromatic carbocycles. The van der Waals surface area contributed by atoms with Crippen molar-refractivity contribution in [2.75, 3.05) is 18.5 Å². The van der Waals surface area contributed by atoms with Gasteiger partial charge in [0.1, 0.15) is 11.5 Å². The number of rotatable bonds is 7. The van der Waals surface area contributed by atoms with E-state index >= 15 is 0 Å². The molecule has 0 spiro atoms. The van der Waals surface area contributed by atoms with Crippen LogP contribution in [0.1, 0.15) is 35.5 Å². The molecule has 7 nitrogen and oxygen atoms in total. The summed E-state index contributed by atoms with van der Waals surface area (Å²) in [5, 5.41) is 3.51. The number of hydrogen-bond donors (Lipinski definition) is 1. The van der Waals surface area contributed by atoms with Crippen molar-refractivity contribution in [2.45, 2.75) is 32.9 Å².